The van der Waals surface area contributed by atoms with E-state index in [1.54, 1.807) is 0 Å². The summed E-state index contributed by atoms with van der Waals surface area (Å²) in [4.78, 5) is 11.1. The number of carbonyl (C=O) groups is 1. The topological polar surface area (TPSA) is 26.3 Å². The number of hydrogen-bond acceptors (Lipinski definition) is 2. The maximum Gasteiger partial charge on any atom is 0.167 e. The monoisotopic (exact) mass is 160 g/mol. The molecule has 0 aromatic heterocycles. The van der Waals surface area contributed by atoms with Crippen LogP contribution in [0.15, 0.2) is 0 Å². The Kier molecular flexibility index (Phi) is 1.29. The van der Waals surface area contributed by atoms with E-state index in [4.69, 9.17) is 16.3 Å². The Morgan fingerprint density at radius 2 is 2.40 bits per heavy atom. The van der Waals surface area contributed by atoms with Crippen molar-refractivity contribution >= 4 is 17.4 Å². The lowest BCUT2D eigenvalue weighted by atomic mass is 9.89. The number of carbonyl (C=O) groups excluding carboxylic acids is 1. The first-order valence-corrected chi connectivity index (χ1v) is 3.97. The first-order valence-electron chi connectivity index (χ1n) is 3.53. The highest BCUT2D eigenvalue weighted by Crippen LogP contribution is 2.38. The molecule has 56 valence electrons. The molecule has 2 saturated heterocycles. The van der Waals surface area contributed by atoms with Crippen molar-refractivity contribution in [2.75, 3.05) is 0 Å². The van der Waals surface area contributed by atoms with E-state index in [0.29, 0.717) is 0 Å². The lowest BCUT2D eigenvalue weighted by Gasteiger charge is -2.16. The third-order valence-electron chi connectivity index (χ3n) is 2.38. The fraction of sp³-hybridized carbons (Fsp3) is 0.857. The van der Waals surface area contributed by atoms with Gasteiger partial charge in [0.05, 0.1) is 11.5 Å². The first-order chi connectivity index (χ1) is 4.70. The molecule has 0 radical (unpaired) electrons. The molecule has 10 heavy (non-hydrogen) atoms. The molecule has 0 aromatic rings. The Bertz CT molecular complexity index is 176. The van der Waals surface area contributed by atoms with Gasteiger partial charge in [0, 0.05) is 5.92 Å². The summed E-state index contributed by atoms with van der Waals surface area (Å²) in [5.41, 5.74) is 0. The second kappa shape index (κ2) is 1.95. The minimum atomic E-state index is -0.178. The minimum absolute atomic E-state index is 0.000772. The van der Waals surface area contributed by atoms with E-state index in [0.717, 1.165) is 6.42 Å². The second-order valence-corrected chi connectivity index (χ2v) is 3.59. The molecule has 2 nitrogen and oxygen atoms in total. The second-order valence-electron chi connectivity index (χ2n) is 3.03. The van der Waals surface area contributed by atoms with Gasteiger partial charge < -0.3 is 4.74 Å². The number of alkyl halides is 1. The third-order valence-corrected chi connectivity index (χ3v) is 2.80. The van der Waals surface area contributed by atoms with Gasteiger partial charge in [0.25, 0.3) is 0 Å². The van der Waals surface area contributed by atoms with E-state index < -0.39 is 0 Å². The van der Waals surface area contributed by atoms with Crippen LogP contribution < -0.4 is 0 Å². The fourth-order valence-electron chi connectivity index (χ4n) is 1.74. The van der Waals surface area contributed by atoms with Crippen LogP contribution in [0.4, 0.5) is 0 Å². The molecule has 4 atom stereocenters. The van der Waals surface area contributed by atoms with Gasteiger partial charge in [-0.25, -0.2) is 0 Å². The van der Waals surface area contributed by atoms with Gasteiger partial charge in [0.1, 0.15) is 6.10 Å². The Balaban J connectivity index is 2.24. The van der Waals surface area contributed by atoms with Crippen LogP contribution in [-0.2, 0) is 9.53 Å². The van der Waals surface area contributed by atoms with Crippen molar-refractivity contribution in [2.24, 2.45) is 5.92 Å². The zero-order valence-electron chi connectivity index (χ0n) is 5.71. The molecular formula is C7H9ClO2. The van der Waals surface area contributed by atoms with Crippen LogP contribution in [0.2, 0.25) is 0 Å². The third kappa shape index (κ3) is 0.663. The highest BCUT2D eigenvalue weighted by atomic mass is 35.5. The first kappa shape index (κ1) is 6.62. The quantitative estimate of drug-likeness (QED) is 0.494. The van der Waals surface area contributed by atoms with Crippen molar-refractivity contribution in [2.45, 2.75) is 30.9 Å². The molecule has 2 aliphatic rings. The normalized spacial score (nSPS) is 52.4. The highest BCUT2D eigenvalue weighted by Gasteiger charge is 2.50. The van der Waals surface area contributed by atoms with E-state index in [2.05, 4.69) is 0 Å². The van der Waals surface area contributed by atoms with Gasteiger partial charge in [-0.05, 0) is 6.42 Å². The summed E-state index contributed by atoms with van der Waals surface area (Å²) in [5.74, 6) is 0.267. The highest BCUT2D eigenvalue weighted by molar-refractivity contribution is 6.22. The summed E-state index contributed by atoms with van der Waals surface area (Å²) in [5, 5.41) is 0.0673. The van der Waals surface area contributed by atoms with Crippen LogP contribution >= 0.6 is 11.6 Å². The zero-order valence-corrected chi connectivity index (χ0v) is 6.47. The van der Waals surface area contributed by atoms with E-state index in [1.807, 2.05) is 6.92 Å². The summed E-state index contributed by atoms with van der Waals surface area (Å²) in [7, 11) is 0. The van der Waals surface area contributed by atoms with Crippen LogP contribution in [0.25, 0.3) is 0 Å². The van der Waals surface area contributed by atoms with Crippen LogP contribution in [0, 0.1) is 5.92 Å². The maximum atomic E-state index is 11.1. The molecule has 2 heterocycles. The molecule has 0 aromatic carbocycles. The summed E-state index contributed by atoms with van der Waals surface area (Å²) < 4.78 is 5.33. The number of ketones is 1. The molecule has 2 aliphatic heterocycles. The smallest absolute Gasteiger partial charge is 0.167 e. The van der Waals surface area contributed by atoms with E-state index in [9.17, 15) is 4.79 Å². The summed E-state index contributed by atoms with van der Waals surface area (Å²) >= 11 is 5.89. The van der Waals surface area contributed by atoms with Crippen molar-refractivity contribution in [1.29, 1.82) is 0 Å². The largest absolute Gasteiger partial charge is 0.365 e. The molecule has 2 rings (SSSR count). The maximum absolute atomic E-state index is 11.1. The van der Waals surface area contributed by atoms with Gasteiger partial charge in [-0.1, -0.05) is 6.92 Å². The van der Waals surface area contributed by atoms with Crippen LogP contribution in [0.5, 0.6) is 0 Å². The lowest BCUT2D eigenvalue weighted by molar-refractivity contribution is -0.124. The van der Waals surface area contributed by atoms with E-state index >= 15 is 0 Å². The average molecular weight is 161 g/mol. The number of ether oxygens (including phenoxy) is 1. The van der Waals surface area contributed by atoms with Gasteiger partial charge in [0.2, 0.25) is 0 Å². The number of Topliss-reactive ketones (excluding diaryl/α,β-unsaturated/α-hetero) is 1. The van der Waals surface area contributed by atoms with Crippen molar-refractivity contribution in [3.63, 3.8) is 0 Å². The van der Waals surface area contributed by atoms with Gasteiger partial charge >= 0.3 is 0 Å². The summed E-state index contributed by atoms with van der Waals surface area (Å²) in [6, 6.07) is 0. The minimum Gasteiger partial charge on any atom is -0.365 e. The Hall–Kier alpha value is -0.0800. The van der Waals surface area contributed by atoms with Crippen molar-refractivity contribution in [1.82, 2.24) is 0 Å². The van der Waals surface area contributed by atoms with Crippen LogP contribution in [0.1, 0.15) is 13.3 Å². The number of halogens is 1. The Morgan fingerprint density at radius 3 is 2.80 bits per heavy atom. The van der Waals surface area contributed by atoms with Crippen LogP contribution in [0.3, 0.4) is 0 Å². The molecule has 0 amide bonds. The standard InChI is InChI=1S/C7H9ClO2/c1-3-6(9)5-2-4(8)7(3)10-5/h3-5,7H,2H2,1H3/t3-,4-,5-,7-/m1/s1. The molecule has 0 N–H and O–H groups in total. The number of rotatable bonds is 0. The number of hydrogen-bond donors (Lipinski definition) is 0. The SMILES string of the molecule is C[C@@H]1C(=O)[C@H]2C[C@@H](Cl)[C@@H]1O2. The van der Waals surface area contributed by atoms with Gasteiger partial charge in [-0.3, -0.25) is 4.79 Å². The van der Waals surface area contributed by atoms with Crippen LogP contribution in [-0.4, -0.2) is 23.4 Å². The van der Waals surface area contributed by atoms with Crippen molar-refractivity contribution in [3.05, 3.63) is 0 Å². The molecule has 0 spiro atoms. The van der Waals surface area contributed by atoms with Gasteiger partial charge in [-0.2, -0.15) is 0 Å². The molecule has 0 unspecified atom stereocenters. The molecule has 2 bridgehead atoms. The van der Waals surface area contributed by atoms with Crippen molar-refractivity contribution in [3.8, 4) is 0 Å². The summed E-state index contributed by atoms with van der Waals surface area (Å²) in [6.45, 7) is 1.89. The predicted molar refractivity (Wildman–Crippen MR) is 37.1 cm³/mol. The molecular weight excluding hydrogens is 152 g/mol. The summed E-state index contributed by atoms with van der Waals surface area (Å²) in [6.07, 6.45) is 0.539. The molecule has 3 heteroatoms. The predicted octanol–water partition coefficient (Wildman–Crippen LogP) is 0.970. The fourth-order valence-corrected chi connectivity index (χ4v) is 2.18. The van der Waals surface area contributed by atoms with Crippen molar-refractivity contribution < 1.29 is 9.53 Å². The molecule has 0 saturated carbocycles. The zero-order chi connectivity index (χ0) is 7.30. The lowest BCUT2D eigenvalue weighted by Crippen LogP contribution is -2.31. The van der Waals surface area contributed by atoms with E-state index in [1.165, 1.54) is 0 Å². The van der Waals surface area contributed by atoms with E-state index in [-0.39, 0.29) is 29.3 Å². The Morgan fingerprint density at radius 1 is 1.70 bits per heavy atom. The average Bonchev–Trinajstić information content (AvgIpc) is 2.36. The van der Waals surface area contributed by atoms with Gasteiger partial charge in [0.15, 0.2) is 5.78 Å². The Labute approximate surface area is 64.5 Å². The molecule has 0 aliphatic carbocycles. The molecule has 2 fully saturated rings. The number of fused-ring (bicyclic) bond motifs is 2. The van der Waals surface area contributed by atoms with Gasteiger partial charge in [-0.15, -0.1) is 11.6 Å².